The highest BCUT2D eigenvalue weighted by Crippen LogP contribution is 2.26. The fraction of sp³-hybridized carbons (Fsp3) is 0.300. The minimum Gasteiger partial charge on any atom is -0.497 e. The molecule has 0 spiro atoms. The molecule has 3 aromatic rings. The number of carbonyl (C=O) groups is 1. The lowest BCUT2D eigenvalue weighted by Gasteiger charge is -2.34. The van der Waals surface area contributed by atoms with Crippen molar-refractivity contribution in [2.24, 2.45) is 0 Å². The molecular weight excluding hydrogens is 362 g/mol. The van der Waals surface area contributed by atoms with Gasteiger partial charge in [0.25, 0.3) is 0 Å². The van der Waals surface area contributed by atoms with E-state index in [0.29, 0.717) is 25.5 Å². The summed E-state index contributed by atoms with van der Waals surface area (Å²) in [5.41, 5.74) is 2.75. The highest BCUT2D eigenvalue weighted by atomic mass is 32.1. The third-order valence-electron chi connectivity index (χ3n) is 4.70. The Morgan fingerprint density at radius 1 is 1.30 bits per heavy atom. The van der Waals surface area contributed by atoms with Crippen molar-refractivity contribution >= 4 is 22.9 Å². The number of amides is 1. The maximum atomic E-state index is 12.7. The monoisotopic (exact) mass is 383 g/mol. The van der Waals surface area contributed by atoms with Crippen LogP contribution in [-0.2, 0) is 11.3 Å². The van der Waals surface area contributed by atoms with E-state index in [4.69, 9.17) is 9.15 Å². The van der Waals surface area contributed by atoms with Gasteiger partial charge >= 0.3 is 0 Å². The van der Waals surface area contributed by atoms with Crippen LogP contribution in [0.25, 0.3) is 11.5 Å². The number of thiophene rings is 1. The van der Waals surface area contributed by atoms with Crippen LogP contribution in [0.2, 0.25) is 0 Å². The van der Waals surface area contributed by atoms with Gasteiger partial charge in [0.2, 0.25) is 11.8 Å². The van der Waals surface area contributed by atoms with E-state index in [1.807, 2.05) is 52.9 Å². The molecule has 0 N–H and O–H groups in total. The first-order chi connectivity index (χ1) is 13.1. The van der Waals surface area contributed by atoms with Gasteiger partial charge in [-0.05, 0) is 30.5 Å². The van der Waals surface area contributed by atoms with Gasteiger partial charge in [0.1, 0.15) is 11.5 Å². The van der Waals surface area contributed by atoms with Crippen LogP contribution in [0.3, 0.4) is 0 Å². The zero-order valence-corrected chi connectivity index (χ0v) is 16.2. The number of ether oxygens (including phenoxy) is 1. The van der Waals surface area contributed by atoms with Gasteiger partial charge in [0, 0.05) is 42.3 Å². The molecule has 27 heavy (non-hydrogen) atoms. The van der Waals surface area contributed by atoms with Crippen molar-refractivity contribution in [2.75, 3.05) is 31.6 Å². The predicted octanol–water partition coefficient (Wildman–Crippen LogP) is 3.57. The lowest BCUT2D eigenvalue weighted by molar-refractivity contribution is -0.121. The molecule has 0 bridgehead atoms. The van der Waals surface area contributed by atoms with E-state index in [1.54, 1.807) is 18.4 Å². The van der Waals surface area contributed by atoms with Gasteiger partial charge in [0.15, 0.2) is 0 Å². The first-order valence-corrected chi connectivity index (χ1v) is 9.74. The van der Waals surface area contributed by atoms with Crippen LogP contribution in [0.5, 0.6) is 5.75 Å². The number of methoxy groups -OCH3 is 1. The summed E-state index contributed by atoms with van der Waals surface area (Å²) in [6, 6.07) is 9.60. The van der Waals surface area contributed by atoms with Crippen molar-refractivity contribution in [3.8, 4) is 17.2 Å². The van der Waals surface area contributed by atoms with E-state index < -0.39 is 0 Å². The number of nitrogens with zero attached hydrogens (tertiary/aromatic N) is 3. The van der Waals surface area contributed by atoms with E-state index in [0.717, 1.165) is 35.0 Å². The molecule has 140 valence electrons. The first-order valence-electron chi connectivity index (χ1n) is 8.79. The number of hydrogen-bond acceptors (Lipinski definition) is 6. The standard InChI is InChI=1S/C20H21N3O3S/c1-14-18(21-20(26-14)15-6-9-27-13-15)11-22-7-8-23(19(24)12-22)16-4-3-5-17(10-16)25-2/h3-6,9-10,13H,7-8,11-12H2,1-2H3. The second kappa shape index (κ2) is 7.54. The Balaban J connectivity index is 1.44. The van der Waals surface area contributed by atoms with Crippen LogP contribution in [0.15, 0.2) is 45.5 Å². The molecule has 0 radical (unpaired) electrons. The summed E-state index contributed by atoms with van der Waals surface area (Å²) in [6.07, 6.45) is 0. The van der Waals surface area contributed by atoms with Gasteiger partial charge < -0.3 is 14.1 Å². The Morgan fingerprint density at radius 2 is 2.19 bits per heavy atom. The minimum atomic E-state index is 0.0775. The van der Waals surface area contributed by atoms with E-state index in [9.17, 15) is 4.79 Å². The first kappa shape index (κ1) is 17.8. The highest BCUT2D eigenvalue weighted by molar-refractivity contribution is 7.08. The molecule has 1 fully saturated rings. The fourth-order valence-corrected chi connectivity index (χ4v) is 3.83. The molecule has 0 atom stereocenters. The van der Waals surface area contributed by atoms with Crippen molar-refractivity contribution in [3.05, 3.63) is 52.5 Å². The lowest BCUT2D eigenvalue weighted by Crippen LogP contribution is -2.50. The Labute approximate surface area is 162 Å². The number of piperazine rings is 1. The number of oxazole rings is 1. The van der Waals surface area contributed by atoms with Crippen LogP contribution in [0.1, 0.15) is 11.5 Å². The molecule has 7 heteroatoms. The summed E-state index contributed by atoms with van der Waals surface area (Å²) in [5.74, 6) is 2.28. The van der Waals surface area contributed by atoms with Crippen LogP contribution >= 0.6 is 11.3 Å². The van der Waals surface area contributed by atoms with Crippen LogP contribution in [0.4, 0.5) is 5.69 Å². The molecular formula is C20H21N3O3S. The van der Waals surface area contributed by atoms with Gasteiger partial charge in [0.05, 0.1) is 19.3 Å². The van der Waals surface area contributed by atoms with Crippen molar-refractivity contribution < 1.29 is 13.9 Å². The second-order valence-electron chi connectivity index (χ2n) is 6.49. The zero-order chi connectivity index (χ0) is 18.8. The molecule has 6 nitrogen and oxygen atoms in total. The maximum Gasteiger partial charge on any atom is 0.241 e. The fourth-order valence-electron chi connectivity index (χ4n) is 3.20. The van der Waals surface area contributed by atoms with Gasteiger partial charge in [-0.1, -0.05) is 6.07 Å². The summed E-state index contributed by atoms with van der Waals surface area (Å²) < 4.78 is 11.1. The summed E-state index contributed by atoms with van der Waals surface area (Å²) >= 11 is 1.62. The zero-order valence-electron chi connectivity index (χ0n) is 15.3. The number of anilines is 1. The quantitative estimate of drug-likeness (QED) is 0.674. The Hall–Kier alpha value is -2.64. The van der Waals surface area contributed by atoms with E-state index >= 15 is 0 Å². The van der Waals surface area contributed by atoms with Gasteiger partial charge in [-0.25, -0.2) is 4.98 Å². The molecule has 2 aromatic heterocycles. The van der Waals surface area contributed by atoms with Crippen molar-refractivity contribution in [1.29, 1.82) is 0 Å². The molecule has 1 aliphatic heterocycles. The van der Waals surface area contributed by atoms with Gasteiger partial charge in [-0.3, -0.25) is 9.69 Å². The summed E-state index contributed by atoms with van der Waals surface area (Å²) in [6.45, 7) is 4.31. The predicted molar refractivity (Wildman–Crippen MR) is 105 cm³/mol. The SMILES string of the molecule is COc1cccc(N2CCN(Cc3nc(-c4ccsc4)oc3C)CC2=O)c1. The topological polar surface area (TPSA) is 58.8 Å². The largest absolute Gasteiger partial charge is 0.497 e. The molecule has 1 saturated heterocycles. The van der Waals surface area contributed by atoms with E-state index in [2.05, 4.69) is 9.88 Å². The lowest BCUT2D eigenvalue weighted by atomic mass is 10.2. The molecule has 4 rings (SSSR count). The number of rotatable bonds is 5. The Kier molecular flexibility index (Phi) is 4.96. The third-order valence-corrected chi connectivity index (χ3v) is 5.38. The van der Waals surface area contributed by atoms with Gasteiger partial charge in [-0.2, -0.15) is 11.3 Å². The molecule has 3 heterocycles. The smallest absolute Gasteiger partial charge is 0.241 e. The highest BCUT2D eigenvalue weighted by Gasteiger charge is 2.26. The number of benzene rings is 1. The van der Waals surface area contributed by atoms with Crippen LogP contribution in [-0.4, -0.2) is 42.5 Å². The summed E-state index contributed by atoms with van der Waals surface area (Å²) in [4.78, 5) is 21.2. The van der Waals surface area contributed by atoms with Crippen molar-refractivity contribution in [1.82, 2.24) is 9.88 Å². The minimum absolute atomic E-state index is 0.0775. The molecule has 1 amide bonds. The Bertz CT molecular complexity index is 936. The van der Waals surface area contributed by atoms with Crippen molar-refractivity contribution in [3.63, 3.8) is 0 Å². The average molecular weight is 383 g/mol. The normalized spacial score (nSPS) is 15.3. The van der Waals surface area contributed by atoms with E-state index in [-0.39, 0.29) is 5.91 Å². The summed E-state index contributed by atoms with van der Waals surface area (Å²) in [7, 11) is 1.63. The number of carbonyl (C=O) groups excluding carboxylic acids is 1. The number of aromatic nitrogens is 1. The number of aryl methyl sites for hydroxylation is 1. The van der Waals surface area contributed by atoms with Crippen LogP contribution < -0.4 is 9.64 Å². The van der Waals surface area contributed by atoms with E-state index in [1.165, 1.54) is 0 Å². The molecule has 0 saturated carbocycles. The molecule has 0 unspecified atom stereocenters. The maximum absolute atomic E-state index is 12.7. The third kappa shape index (κ3) is 3.74. The van der Waals surface area contributed by atoms with Gasteiger partial charge in [-0.15, -0.1) is 0 Å². The Morgan fingerprint density at radius 3 is 2.93 bits per heavy atom. The average Bonchev–Trinajstić information content (AvgIpc) is 3.32. The van der Waals surface area contributed by atoms with Crippen molar-refractivity contribution in [2.45, 2.75) is 13.5 Å². The molecule has 0 aliphatic carbocycles. The summed E-state index contributed by atoms with van der Waals surface area (Å²) in [5, 5.41) is 4.02. The molecule has 1 aromatic carbocycles. The number of hydrogen-bond donors (Lipinski definition) is 0. The second-order valence-corrected chi connectivity index (χ2v) is 7.27. The molecule has 1 aliphatic rings. The van der Waals surface area contributed by atoms with Crippen LogP contribution in [0, 0.1) is 6.92 Å².